The van der Waals surface area contributed by atoms with Gasteiger partial charge >= 0.3 is 0 Å². The lowest BCUT2D eigenvalue weighted by Crippen LogP contribution is -2.57. The molecule has 0 N–H and O–H groups in total. The van der Waals surface area contributed by atoms with Crippen LogP contribution in [-0.4, -0.2) is 71.5 Å². The summed E-state index contributed by atoms with van der Waals surface area (Å²) in [5, 5.41) is 3.75. The van der Waals surface area contributed by atoms with Crippen LogP contribution in [0.25, 0.3) is 0 Å². The molecule has 1 aromatic rings. The molecule has 0 radical (unpaired) electrons. The Morgan fingerprint density at radius 1 is 0.917 bits per heavy atom. The Morgan fingerprint density at radius 3 is 2.12 bits per heavy atom. The number of hydrazine groups is 1. The van der Waals surface area contributed by atoms with Crippen molar-refractivity contribution < 1.29 is 19.1 Å². The van der Waals surface area contributed by atoms with Crippen molar-refractivity contribution in [3.63, 3.8) is 0 Å². The van der Waals surface area contributed by atoms with Crippen LogP contribution >= 0.6 is 0 Å². The average Bonchev–Trinajstić information content (AvgIpc) is 2.87. The standard InChI is InChI=1S/C17H19N3O4/c21-15-11-24-10-9-19(15)18-7-5-12(6-8-18)20-16(22)13-3-1-2-4-14(13)17(20)23/h1-4,12H,5-11H2. The number of morpholine rings is 1. The Bertz CT molecular complexity index is 662. The fraction of sp³-hybridized carbons (Fsp3) is 0.471. The van der Waals surface area contributed by atoms with Gasteiger partial charge in [0.1, 0.15) is 6.61 Å². The molecule has 3 amide bonds. The average molecular weight is 329 g/mol. The van der Waals surface area contributed by atoms with Crippen LogP contribution in [0, 0.1) is 0 Å². The van der Waals surface area contributed by atoms with Crippen LogP contribution in [0.4, 0.5) is 0 Å². The van der Waals surface area contributed by atoms with Crippen LogP contribution in [0.5, 0.6) is 0 Å². The predicted octanol–water partition coefficient (Wildman–Crippen LogP) is 0.521. The van der Waals surface area contributed by atoms with E-state index in [-0.39, 0.29) is 30.4 Å². The van der Waals surface area contributed by atoms with Crippen LogP contribution in [0.2, 0.25) is 0 Å². The van der Waals surface area contributed by atoms with Gasteiger partial charge in [-0.2, -0.15) is 0 Å². The number of imide groups is 1. The number of hydrogen-bond acceptors (Lipinski definition) is 5. The molecule has 0 unspecified atom stereocenters. The highest BCUT2D eigenvalue weighted by Crippen LogP contribution is 2.28. The van der Waals surface area contributed by atoms with Crippen LogP contribution in [0.3, 0.4) is 0 Å². The number of amides is 3. The minimum Gasteiger partial charge on any atom is -0.370 e. The molecular weight excluding hydrogens is 310 g/mol. The van der Waals surface area contributed by atoms with Gasteiger partial charge < -0.3 is 4.74 Å². The first-order valence-corrected chi connectivity index (χ1v) is 8.26. The summed E-state index contributed by atoms with van der Waals surface area (Å²) in [6.45, 7) is 2.55. The number of ether oxygens (including phenoxy) is 1. The van der Waals surface area contributed by atoms with Crippen molar-refractivity contribution in [3.8, 4) is 0 Å². The van der Waals surface area contributed by atoms with Gasteiger partial charge in [0.05, 0.1) is 24.3 Å². The smallest absolute Gasteiger partial charge is 0.262 e. The normalized spacial score (nSPS) is 23.1. The van der Waals surface area contributed by atoms with Crippen LogP contribution < -0.4 is 0 Å². The van der Waals surface area contributed by atoms with E-state index >= 15 is 0 Å². The van der Waals surface area contributed by atoms with Crippen molar-refractivity contribution in [2.45, 2.75) is 18.9 Å². The summed E-state index contributed by atoms with van der Waals surface area (Å²) in [4.78, 5) is 38.4. The number of benzene rings is 1. The van der Waals surface area contributed by atoms with Crippen molar-refractivity contribution in [3.05, 3.63) is 35.4 Å². The van der Waals surface area contributed by atoms with E-state index in [9.17, 15) is 14.4 Å². The molecule has 2 saturated heterocycles. The molecular formula is C17H19N3O4. The number of carbonyl (C=O) groups excluding carboxylic acids is 3. The maximum atomic E-state index is 12.6. The van der Waals surface area contributed by atoms with Gasteiger partial charge in [-0.25, -0.2) is 5.01 Å². The Kier molecular flexibility index (Phi) is 3.82. The minimum atomic E-state index is -0.198. The highest BCUT2D eigenvalue weighted by molar-refractivity contribution is 6.21. The first-order chi connectivity index (χ1) is 11.7. The van der Waals surface area contributed by atoms with E-state index < -0.39 is 0 Å². The van der Waals surface area contributed by atoms with E-state index in [0.717, 1.165) is 0 Å². The predicted molar refractivity (Wildman–Crippen MR) is 84.1 cm³/mol. The Labute approximate surface area is 139 Å². The molecule has 0 saturated carbocycles. The van der Waals surface area contributed by atoms with Gasteiger partial charge in [0.25, 0.3) is 17.7 Å². The third kappa shape index (κ3) is 2.40. The van der Waals surface area contributed by atoms with Gasteiger partial charge in [0.15, 0.2) is 0 Å². The van der Waals surface area contributed by atoms with Crippen molar-refractivity contribution in [2.24, 2.45) is 0 Å². The Morgan fingerprint density at radius 2 is 1.54 bits per heavy atom. The number of carbonyl (C=O) groups is 3. The molecule has 126 valence electrons. The quantitative estimate of drug-likeness (QED) is 0.740. The fourth-order valence-electron chi connectivity index (χ4n) is 3.70. The van der Waals surface area contributed by atoms with E-state index in [1.807, 2.05) is 5.01 Å². The summed E-state index contributed by atoms with van der Waals surface area (Å²) in [6, 6.07) is 6.86. The minimum absolute atomic E-state index is 0.0274. The third-order valence-electron chi connectivity index (χ3n) is 4.93. The SMILES string of the molecule is O=C1c2ccccc2C(=O)N1C1CCN(N2CCOCC2=O)CC1. The van der Waals surface area contributed by atoms with Gasteiger partial charge in [0, 0.05) is 19.1 Å². The lowest BCUT2D eigenvalue weighted by atomic mass is 10.0. The molecule has 2 fully saturated rings. The highest BCUT2D eigenvalue weighted by Gasteiger charge is 2.41. The van der Waals surface area contributed by atoms with Crippen molar-refractivity contribution >= 4 is 17.7 Å². The topological polar surface area (TPSA) is 70.2 Å². The molecule has 3 aliphatic rings. The van der Waals surface area contributed by atoms with Crippen molar-refractivity contribution in [2.75, 3.05) is 32.8 Å². The molecule has 24 heavy (non-hydrogen) atoms. The first kappa shape index (κ1) is 15.3. The van der Waals surface area contributed by atoms with Gasteiger partial charge in [-0.3, -0.25) is 24.3 Å². The summed E-state index contributed by atoms with van der Waals surface area (Å²) < 4.78 is 5.15. The first-order valence-electron chi connectivity index (χ1n) is 8.26. The molecule has 0 aliphatic carbocycles. The van der Waals surface area contributed by atoms with E-state index in [4.69, 9.17) is 4.74 Å². The van der Waals surface area contributed by atoms with Crippen LogP contribution in [-0.2, 0) is 9.53 Å². The summed E-state index contributed by atoms with van der Waals surface area (Å²) in [7, 11) is 0. The van der Waals surface area contributed by atoms with E-state index in [1.54, 1.807) is 29.3 Å². The summed E-state index contributed by atoms with van der Waals surface area (Å²) in [6.07, 6.45) is 1.35. The maximum Gasteiger partial charge on any atom is 0.262 e. The highest BCUT2D eigenvalue weighted by atomic mass is 16.5. The summed E-state index contributed by atoms with van der Waals surface area (Å²) >= 11 is 0. The Hall–Kier alpha value is -2.25. The fourth-order valence-corrected chi connectivity index (χ4v) is 3.70. The zero-order valence-electron chi connectivity index (χ0n) is 13.3. The number of fused-ring (bicyclic) bond motifs is 1. The maximum absolute atomic E-state index is 12.6. The molecule has 0 bridgehead atoms. The van der Waals surface area contributed by atoms with Gasteiger partial charge in [0.2, 0.25) is 0 Å². The summed E-state index contributed by atoms with van der Waals surface area (Å²) in [5.74, 6) is -0.423. The molecule has 7 heteroatoms. The molecule has 0 atom stereocenters. The zero-order chi connectivity index (χ0) is 16.7. The van der Waals surface area contributed by atoms with E-state index in [2.05, 4.69) is 0 Å². The van der Waals surface area contributed by atoms with Crippen molar-refractivity contribution in [1.29, 1.82) is 0 Å². The molecule has 7 nitrogen and oxygen atoms in total. The largest absolute Gasteiger partial charge is 0.370 e. The van der Waals surface area contributed by atoms with Gasteiger partial charge in [-0.05, 0) is 25.0 Å². The van der Waals surface area contributed by atoms with Gasteiger partial charge in [-0.15, -0.1) is 0 Å². The Balaban J connectivity index is 1.44. The lowest BCUT2D eigenvalue weighted by molar-refractivity contribution is -0.168. The van der Waals surface area contributed by atoms with E-state index in [1.165, 1.54) is 4.90 Å². The van der Waals surface area contributed by atoms with E-state index in [0.29, 0.717) is 50.2 Å². The second kappa shape index (κ2) is 5.99. The molecule has 3 heterocycles. The zero-order valence-corrected chi connectivity index (χ0v) is 13.3. The monoisotopic (exact) mass is 329 g/mol. The van der Waals surface area contributed by atoms with Crippen LogP contribution in [0.15, 0.2) is 24.3 Å². The number of nitrogens with zero attached hydrogens (tertiary/aromatic N) is 3. The second-order valence-electron chi connectivity index (χ2n) is 6.28. The third-order valence-corrected chi connectivity index (χ3v) is 4.93. The molecule has 0 spiro atoms. The number of piperidine rings is 1. The van der Waals surface area contributed by atoms with Gasteiger partial charge in [-0.1, -0.05) is 12.1 Å². The lowest BCUT2D eigenvalue weighted by Gasteiger charge is -2.42. The molecule has 0 aromatic heterocycles. The van der Waals surface area contributed by atoms with Crippen molar-refractivity contribution in [1.82, 2.24) is 14.9 Å². The van der Waals surface area contributed by atoms with Crippen LogP contribution in [0.1, 0.15) is 33.6 Å². The summed E-state index contributed by atoms with van der Waals surface area (Å²) in [5.41, 5.74) is 0.988. The molecule has 4 rings (SSSR count). The number of hydrogen-bond donors (Lipinski definition) is 0. The second-order valence-corrected chi connectivity index (χ2v) is 6.28. The molecule has 3 aliphatic heterocycles. The molecule has 1 aromatic carbocycles. The number of rotatable bonds is 2.